The number of carboxylic acid groups (broad SMARTS) is 1. The van der Waals surface area contributed by atoms with Gasteiger partial charge in [0.1, 0.15) is 11.6 Å². The molecule has 0 heterocycles. The Hall–Kier alpha value is -1.97. The molecule has 0 aliphatic heterocycles. The van der Waals surface area contributed by atoms with Crippen molar-refractivity contribution in [2.45, 2.75) is 32.4 Å². The van der Waals surface area contributed by atoms with Crippen molar-refractivity contribution < 1.29 is 28.2 Å². The molecule has 140 valence electrons. The molecular formula is C16H24N2O6S. The first-order valence-electron chi connectivity index (χ1n) is 7.53. The topological polar surface area (TPSA) is 107 Å². The maximum absolute atomic E-state index is 12.4. The number of carbonyl (C=O) groups excluding carboxylic acids is 1. The third-order valence-corrected chi connectivity index (χ3v) is 3.97. The van der Waals surface area contributed by atoms with Crippen LogP contribution in [-0.2, 0) is 20.8 Å². The van der Waals surface area contributed by atoms with E-state index in [4.69, 9.17) is 9.84 Å². The Morgan fingerprint density at radius 1 is 1.20 bits per heavy atom. The first kappa shape index (κ1) is 21.1. The second kappa shape index (κ2) is 8.41. The lowest BCUT2D eigenvalue weighted by Crippen LogP contribution is -2.48. The molecule has 2 N–H and O–H groups in total. The number of aromatic carboxylic acids is 1. The summed E-state index contributed by atoms with van der Waals surface area (Å²) in [6.07, 6.45) is 0. The molecule has 0 spiro atoms. The average Bonchev–Trinajstić information content (AvgIpc) is 2.45. The van der Waals surface area contributed by atoms with Crippen molar-refractivity contribution in [3.8, 4) is 0 Å². The molecule has 2 atom stereocenters. The van der Waals surface area contributed by atoms with Crippen LogP contribution in [0.3, 0.4) is 0 Å². The van der Waals surface area contributed by atoms with Crippen LogP contribution in [-0.4, -0.2) is 63.0 Å². The summed E-state index contributed by atoms with van der Waals surface area (Å²) in [6.45, 7) is 5.12. The summed E-state index contributed by atoms with van der Waals surface area (Å²) in [6, 6.07) is 4.71. The number of nitrogens with zero attached hydrogens (tertiary/aromatic N) is 2. The number of hydrogen-bond donors (Lipinski definition) is 2. The molecule has 0 saturated heterocycles. The quantitative estimate of drug-likeness (QED) is 0.553. The van der Waals surface area contributed by atoms with E-state index in [1.807, 2.05) is 0 Å². The van der Waals surface area contributed by atoms with Crippen LogP contribution in [0, 0.1) is 0 Å². The van der Waals surface area contributed by atoms with Crippen molar-refractivity contribution in [2.75, 3.05) is 24.9 Å². The molecule has 0 fully saturated rings. The monoisotopic (exact) mass is 372 g/mol. The van der Waals surface area contributed by atoms with Crippen LogP contribution in [0.15, 0.2) is 24.3 Å². The third kappa shape index (κ3) is 6.45. The maximum atomic E-state index is 12.4. The second-order valence-corrected chi connectivity index (χ2v) is 7.56. The number of rotatable bonds is 7. The Kier molecular flexibility index (Phi) is 7.09. The van der Waals surface area contributed by atoms with E-state index in [-0.39, 0.29) is 12.1 Å². The van der Waals surface area contributed by atoms with Crippen molar-refractivity contribution in [2.24, 2.45) is 0 Å². The van der Waals surface area contributed by atoms with E-state index in [0.717, 1.165) is 4.31 Å². The molecule has 1 rings (SSSR count). The van der Waals surface area contributed by atoms with E-state index in [9.17, 15) is 18.4 Å². The number of ether oxygens (including phenoxy) is 1. The molecule has 0 amide bonds. The van der Waals surface area contributed by atoms with Crippen LogP contribution in [0.1, 0.15) is 31.1 Å². The summed E-state index contributed by atoms with van der Waals surface area (Å²) in [5.41, 5.74) is -0.303. The number of carbonyl (C=O) groups is 2. The lowest BCUT2D eigenvalue weighted by molar-refractivity contribution is -0.160. The Labute approximate surface area is 149 Å². The van der Waals surface area contributed by atoms with Gasteiger partial charge in [-0.3, -0.25) is 18.6 Å². The normalized spacial score (nSPS) is 14.0. The largest absolute Gasteiger partial charge is 0.478 e. The van der Waals surface area contributed by atoms with E-state index in [2.05, 4.69) is 0 Å². The summed E-state index contributed by atoms with van der Waals surface area (Å²) in [4.78, 5) is 24.9. The fourth-order valence-corrected chi connectivity index (χ4v) is 2.58. The second-order valence-electron chi connectivity index (χ2n) is 6.66. The molecule has 0 saturated carbocycles. The molecule has 8 nitrogen and oxygen atoms in total. The first-order valence-corrected chi connectivity index (χ1v) is 8.60. The zero-order valence-electron chi connectivity index (χ0n) is 14.9. The molecule has 1 aromatic carbocycles. The van der Waals surface area contributed by atoms with Crippen molar-refractivity contribution in [3.63, 3.8) is 0 Å². The summed E-state index contributed by atoms with van der Waals surface area (Å²) in [7, 11) is 3.33. The van der Waals surface area contributed by atoms with Gasteiger partial charge in [-0.1, -0.05) is 0 Å². The zero-order valence-corrected chi connectivity index (χ0v) is 15.7. The van der Waals surface area contributed by atoms with Gasteiger partial charge in [0.15, 0.2) is 0 Å². The fraction of sp³-hybridized carbons (Fsp3) is 0.500. The van der Waals surface area contributed by atoms with Crippen molar-refractivity contribution in [3.05, 3.63) is 29.8 Å². The van der Waals surface area contributed by atoms with Crippen LogP contribution in [0.4, 0.5) is 5.69 Å². The van der Waals surface area contributed by atoms with Crippen LogP contribution in [0.5, 0.6) is 0 Å². The standard InChI is InChI=1S/C16H24N2O6S/c1-16(2,3)24-15(21)13(17(4)5)10-18(25(22)23)12-8-6-11(7-9-12)14(19)20/h6-9,13H,10H2,1-5H3,(H,19,20)(H,22,23). The molecule has 0 aliphatic carbocycles. The summed E-state index contributed by atoms with van der Waals surface area (Å²) >= 11 is -2.40. The highest BCUT2D eigenvalue weighted by Gasteiger charge is 2.30. The minimum atomic E-state index is -2.40. The lowest BCUT2D eigenvalue weighted by Gasteiger charge is -2.31. The summed E-state index contributed by atoms with van der Waals surface area (Å²) in [5.74, 6) is -1.61. The molecule has 0 radical (unpaired) electrons. The first-order chi connectivity index (χ1) is 11.4. The average molecular weight is 372 g/mol. The SMILES string of the molecule is CN(C)C(CN(c1ccc(C(=O)O)cc1)S(=O)O)C(=O)OC(C)(C)C. The van der Waals surface area contributed by atoms with Crippen molar-refractivity contribution in [1.29, 1.82) is 0 Å². The Bertz CT molecular complexity index is 639. The molecular weight excluding hydrogens is 348 g/mol. The van der Waals surface area contributed by atoms with Gasteiger partial charge in [-0.15, -0.1) is 0 Å². The highest BCUT2D eigenvalue weighted by atomic mass is 32.2. The van der Waals surface area contributed by atoms with E-state index >= 15 is 0 Å². The number of likely N-dealkylation sites (N-methyl/N-ethyl adjacent to an activating group) is 1. The molecule has 0 aromatic heterocycles. The predicted octanol–water partition coefficient (Wildman–Crippen LogP) is 1.60. The Morgan fingerprint density at radius 2 is 1.72 bits per heavy atom. The fourth-order valence-electron chi connectivity index (χ4n) is 2.01. The van der Waals surface area contributed by atoms with Gasteiger partial charge in [-0.2, -0.15) is 0 Å². The van der Waals surface area contributed by atoms with Crippen LogP contribution in [0.2, 0.25) is 0 Å². The number of anilines is 1. The lowest BCUT2D eigenvalue weighted by atomic mass is 10.1. The molecule has 1 aromatic rings. The van der Waals surface area contributed by atoms with Crippen molar-refractivity contribution in [1.82, 2.24) is 4.90 Å². The van der Waals surface area contributed by atoms with Crippen molar-refractivity contribution >= 4 is 28.9 Å². The smallest absolute Gasteiger partial charge is 0.335 e. The van der Waals surface area contributed by atoms with Gasteiger partial charge in [-0.25, -0.2) is 9.00 Å². The third-order valence-electron chi connectivity index (χ3n) is 3.23. The molecule has 9 heteroatoms. The summed E-state index contributed by atoms with van der Waals surface area (Å²) < 4.78 is 27.8. The minimum Gasteiger partial charge on any atom is -0.478 e. The predicted molar refractivity (Wildman–Crippen MR) is 94.8 cm³/mol. The number of benzene rings is 1. The Balaban J connectivity index is 3.06. The van der Waals surface area contributed by atoms with Crippen LogP contribution in [0.25, 0.3) is 0 Å². The minimum absolute atomic E-state index is 0.0590. The van der Waals surface area contributed by atoms with Gasteiger partial charge in [0, 0.05) is 0 Å². The van der Waals surface area contributed by atoms with Crippen LogP contribution < -0.4 is 4.31 Å². The molecule has 25 heavy (non-hydrogen) atoms. The van der Waals surface area contributed by atoms with Crippen LogP contribution >= 0.6 is 0 Å². The van der Waals surface area contributed by atoms with Gasteiger partial charge in [0.05, 0.1) is 17.8 Å². The highest BCUT2D eigenvalue weighted by Crippen LogP contribution is 2.19. The van der Waals surface area contributed by atoms with Gasteiger partial charge < -0.3 is 9.84 Å². The van der Waals surface area contributed by atoms with Gasteiger partial charge in [-0.05, 0) is 59.1 Å². The van der Waals surface area contributed by atoms with E-state index < -0.39 is 34.8 Å². The molecule has 2 unspecified atom stereocenters. The number of hydrogen-bond acceptors (Lipinski definition) is 5. The maximum Gasteiger partial charge on any atom is 0.335 e. The highest BCUT2D eigenvalue weighted by molar-refractivity contribution is 7.80. The van der Waals surface area contributed by atoms with E-state index in [0.29, 0.717) is 5.69 Å². The van der Waals surface area contributed by atoms with E-state index in [1.54, 1.807) is 39.8 Å². The van der Waals surface area contributed by atoms with Gasteiger partial charge in [0.25, 0.3) is 11.3 Å². The summed E-state index contributed by atoms with van der Waals surface area (Å²) in [5, 5.41) is 8.93. The van der Waals surface area contributed by atoms with E-state index in [1.165, 1.54) is 24.3 Å². The molecule has 0 bridgehead atoms. The molecule has 0 aliphatic rings. The number of esters is 1. The Morgan fingerprint density at radius 3 is 2.08 bits per heavy atom. The van der Waals surface area contributed by atoms with Gasteiger partial charge >= 0.3 is 11.9 Å². The zero-order chi connectivity index (χ0) is 19.4. The number of carboxylic acids is 1. The van der Waals surface area contributed by atoms with Gasteiger partial charge in [0.2, 0.25) is 0 Å².